The van der Waals surface area contributed by atoms with Gasteiger partial charge in [-0.3, -0.25) is 9.69 Å². The second-order valence-electron chi connectivity index (χ2n) is 5.28. The maximum Gasteiger partial charge on any atom is 0.180 e. The Kier molecular flexibility index (Phi) is 5.36. The van der Waals surface area contributed by atoms with Gasteiger partial charge in [0.1, 0.15) is 18.1 Å². The number of benzene rings is 1. The molecule has 1 aromatic rings. The van der Waals surface area contributed by atoms with Gasteiger partial charge in [-0.1, -0.05) is 12.7 Å². The van der Waals surface area contributed by atoms with Gasteiger partial charge in [-0.2, -0.15) is 0 Å². The van der Waals surface area contributed by atoms with Gasteiger partial charge in [0, 0.05) is 26.2 Å². The van der Waals surface area contributed by atoms with E-state index in [9.17, 15) is 9.90 Å². The molecular weight excluding hydrogens is 268 g/mol. The molecule has 0 bridgehead atoms. The third-order valence-electron chi connectivity index (χ3n) is 3.60. The van der Waals surface area contributed by atoms with Crippen LogP contribution in [0.2, 0.25) is 0 Å². The van der Waals surface area contributed by atoms with E-state index in [1.807, 2.05) is 0 Å². The largest absolute Gasteiger partial charge is 0.507 e. The van der Waals surface area contributed by atoms with Crippen molar-refractivity contribution in [2.24, 2.45) is 0 Å². The molecule has 2 rings (SSSR count). The van der Waals surface area contributed by atoms with E-state index in [0.29, 0.717) is 24.5 Å². The topological polar surface area (TPSA) is 53.0 Å². The van der Waals surface area contributed by atoms with Crippen LogP contribution in [0.4, 0.5) is 0 Å². The number of hydrogen-bond acceptors (Lipinski definition) is 5. The molecule has 1 heterocycles. The van der Waals surface area contributed by atoms with Crippen LogP contribution in [0.5, 0.6) is 11.5 Å². The summed E-state index contributed by atoms with van der Waals surface area (Å²) in [5.41, 5.74) is 0.315. The number of phenolic OH excluding ortho intramolecular Hbond substituents is 1. The number of carbonyl (C=O) groups is 1. The minimum atomic E-state index is -0.0823. The van der Waals surface area contributed by atoms with Gasteiger partial charge in [-0.25, -0.2) is 0 Å². The number of carbonyl (C=O) groups excluding carboxylic acids is 1. The molecule has 1 saturated heterocycles. The molecule has 5 nitrogen and oxygen atoms in total. The molecule has 0 aliphatic carbocycles. The maximum absolute atomic E-state index is 12.4. The zero-order chi connectivity index (χ0) is 15.2. The highest BCUT2D eigenvalue weighted by atomic mass is 16.5. The highest BCUT2D eigenvalue weighted by Crippen LogP contribution is 2.24. The molecule has 0 atom stereocenters. The molecule has 0 radical (unpaired) electrons. The van der Waals surface area contributed by atoms with Gasteiger partial charge in [0.15, 0.2) is 5.78 Å². The van der Waals surface area contributed by atoms with Crippen molar-refractivity contribution in [2.45, 2.75) is 0 Å². The lowest BCUT2D eigenvalue weighted by molar-refractivity contribution is 0.0873. The highest BCUT2D eigenvalue weighted by molar-refractivity contribution is 6.00. The van der Waals surface area contributed by atoms with Gasteiger partial charge >= 0.3 is 0 Å². The van der Waals surface area contributed by atoms with Gasteiger partial charge in [0.25, 0.3) is 0 Å². The lowest BCUT2D eigenvalue weighted by Crippen LogP contribution is -2.46. The first-order valence-electron chi connectivity index (χ1n) is 7.11. The summed E-state index contributed by atoms with van der Waals surface area (Å²) in [5, 5.41) is 9.88. The van der Waals surface area contributed by atoms with E-state index < -0.39 is 0 Å². The Morgan fingerprint density at radius 3 is 2.76 bits per heavy atom. The van der Waals surface area contributed by atoms with Crippen LogP contribution < -0.4 is 4.74 Å². The smallest absolute Gasteiger partial charge is 0.180 e. The minimum Gasteiger partial charge on any atom is -0.507 e. The van der Waals surface area contributed by atoms with Crippen molar-refractivity contribution < 1.29 is 14.6 Å². The zero-order valence-corrected chi connectivity index (χ0v) is 12.4. The average Bonchev–Trinajstić information content (AvgIpc) is 2.48. The molecule has 1 fully saturated rings. The summed E-state index contributed by atoms with van der Waals surface area (Å²) in [6.45, 7) is 7.94. The molecule has 1 N–H and O–H groups in total. The number of aromatic hydroxyl groups is 1. The predicted octanol–water partition coefficient (Wildman–Crippen LogP) is 1.39. The van der Waals surface area contributed by atoms with E-state index in [-0.39, 0.29) is 11.5 Å². The van der Waals surface area contributed by atoms with Crippen LogP contribution in [0.15, 0.2) is 30.9 Å². The first-order chi connectivity index (χ1) is 10.1. The third-order valence-corrected chi connectivity index (χ3v) is 3.60. The fourth-order valence-electron chi connectivity index (χ4n) is 2.28. The van der Waals surface area contributed by atoms with E-state index in [1.54, 1.807) is 18.2 Å². The Labute approximate surface area is 125 Å². The normalized spacial score (nSPS) is 16.6. The van der Waals surface area contributed by atoms with Gasteiger partial charge in [0.2, 0.25) is 0 Å². The van der Waals surface area contributed by atoms with E-state index in [2.05, 4.69) is 23.4 Å². The van der Waals surface area contributed by atoms with Crippen LogP contribution in [0.25, 0.3) is 0 Å². The van der Waals surface area contributed by atoms with Crippen molar-refractivity contribution in [1.82, 2.24) is 9.80 Å². The summed E-state index contributed by atoms with van der Waals surface area (Å²) < 4.78 is 5.40. The number of hydrogen-bond donors (Lipinski definition) is 1. The predicted molar refractivity (Wildman–Crippen MR) is 82.1 cm³/mol. The van der Waals surface area contributed by atoms with Crippen molar-refractivity contribution >= 4 is 5.78 Å². The Morgan fingerprint density at radius 2 is 2.10 bits per heavy atom. The Morgan fingerprint density at radius 1 is 1.38 bits per heavy atom. The lowest BCUT2D eigenvalue weighted by atomic mass is 10.1. The molecular formula is C16H22N2O3. The molecule has 0 unspecified atom stereocenters. The lowest BCUT2D eigenvalue weighted by Gasteiger charge is -2.31. The van der Waals surface area contributed by atoms with Gasteiger partial charge < -0.3 is 14.7 Å². The number of ether oxygens (including phenoxy) is 1. The van der Waals surface area contributed by atoms with Crippen LogP contribution in [-0.2, 0) is 0 Å². The number of nitrogens with zero attached hydrogens (tertiary/aromatic N) is 2. The van der Waals surface area contributed by atoms with Crippen LogP contribution in [-0.4, -0.2) is 67.1 Å². The molecule has 0 saturated carbocycles. The van der Waals surface area contributed by atoms with Crippen molar-refractivity contribution in [3.05, 3.63) is 36.4 Å². The number of likely N-dealkylation sites (N-methyl/N-ethyl adjacent to an activating group) is 1. The molecule has 1 aromatic carbocycles. The first kappa shape index (κ1) is 15.5. The molecule has 0 aromatic heterocycles. The highest BCUT2D eigenvalue weighted by Gasteiger charge is 2.19. The van der Waals surface area contributed by atoms with Gasteiger partial charge in [-0.15, -0.1) is 0 Å². The van der Waals surface area contributed by atoms with E-state index in [0.717, 1.165) is 26.2 Å². The molecule has 0 spiro atoms. The maximum atomic E-state index is 12.4. The number of rotatable bonds is 6. The van der Waals surface area contributed by atoms with Crippen LogP contribution in [0.3, 0.4) is 0 Å². The fourth-order valence-corrected chi connectivity index (χ4v) is 2.28. The molecule has 1 aliphatic rings. The van der Waals surface area contributed by atoms with Crippen molar-refractivity contribution in [1.29, 1.82) is 0 Å². The second kappa shape index (κ2) is 7.24. The third kappa shape index (κ3) is 4.31. The van der Waals surface area contributed by atoms with Gasteiger partial charge in [-0.05, 0) is 25.2 Å². The van der Waals surface area contributed by atoms with Gasteiger partial charge in [0.05, 0.1) is 12.1 Å². The standard InChI is InChI=1S/C16H22N2O3/c1-3-10-21-13-4-5-15(19)14(11-13)16(20)12-18-8-6-17(2)7-9-18/h3-5,11,19H,1,6-10,12H2,2H3. The average molecular weight is 290 g/mol. The molecule has 0 amide bonds. The Bertz CT molecular complexity index is 508. The van der Waals surface area contributed by atoms with E-state index >= 15 is 0 Å². The Balaban J connectivity index is 2.02. The van der Waals surface area contributed by atoms with Crippen molar-refractivity contribution in [3.8, 4) is 11.5 Å². The Hall–Kier alpha value is -1.85. The van der Waals surface area contributed by atoms with Crippen molar-refractivity contribution in [3.63, 3.8) is 0 Å². The quantitative estimate of drug-likeness (QED) is 0.634. The summed E-state index contributed by atoms with van der Waals surface area (Å²) in [4.78, 5) is 16.7. The fraction of sp³-hybridized carbons (Fsp3) is 0.438. The zero-order valence-electron chi connectivity index (χ0n) is 12.4. The second-order valence-corrected chi connectivity index (χ2v) is 5.28. The van der Waals surface area contributed by atoms with Crippen molar-refractivity contribution in [2.75, 3.05) is 46.4 Å². The van der Waals surface area contributed by atoms with Crippen LogP contribution in [0, 0.1) is 0 Å². The molecule has 21 heavy (non-hydrogen) atoms. The molecule has 1 aliphatic heterocycles. The van der Waals surface area contributed by atoms with Crippen LogP contribution >= 0.6 is 0 Å². The number of piperazine rings is 1. The molecule has 5 heteroatoms. The number of Topliss-reactive ketones (excluding diaryl/α,β-unsaturated/α-hetero) is 1. The SMILES string of the molecule is C=CCOc1ccc(O)c(C(=O)CN2CCN(C)CC2)c1. The summed E-state index contributed by atoms with van der Waals surface area (Å²) >= 11 is 0. The monoisotopic (exact) mass is 290 g/mol. The summed E-state index contributed by atoms with van der Waals surface area (Å²) in [7, 11) is 2.07. The molecule has 114 valence electrons. The number of phenols is 1. The van der Waals surface area contributed by atoms with Crippen LogP contribution in [0.1, 0.15) is 10.4 Å². The number of ketones is 1. The van der Waals surface area contributed by atoms with E-state index in [4.69, 9.17) is 4.74 Å². The first-order valence-corrected chi connectivity index (χ1v) is 7.11. The van der Waals surface area contributed by atoms with E-state index in [1.165, 1.54) is 6.07 Å². The minimum absolute atomic E-state index is 0.0000746. The summed E-state index contributed by atoms with van der Waals surface area (Å²) in [6, 6.07) is 4.73. The summed E-state index contributed by atoms with van der Waals surface area (Å²) in [5.74, 6) is 0.482. The summed E-state index contributed by atoms with van der Waals surface area (Å²) in [6.07, 6.45) is 1.64.